The molecule has 0 N–H and O–H groups in total. The van der Waals surface area contributed by atoms with Crippen molar-refractivity contribution in [3.63, 3.8) is 0 Å². The second-order valence-electron chi connectivity index (χ2n) is 8.04. The fourth-order valence-electron chi connectivity index (χ4n) is 4.21. The lowest BCUT2D eigenvalue weighted by Crippen LogP contribution is -2.33. The van der Waals surface area contributed by atoms with Crippen molar-refractivity contribution in [3.05, 3.63) is 47.5 Å². The zero-order valence-electron chi connectivity index (χ0n) is 18.9. The van der Waals surface area contributed by atoms with Crippen LogP contribution < -0.4 is 9.64 Å². The molecule has 1 saturated heterocycles. The molecule has 4 rings (SSSR count). The highest BCUT2D eigenvalue weighted by atomic mass is 32.1. The number of benzene rings is 1. The second-order valence-corrected chi connectivity index (χ2v) is 8.88. The molecule has 34 heavy (non-hydrogen) atoms. The second kappa shape index (κ2) is 10.2. The van der Waals surface area contributed by atoms with Gasteiger partial charge < -0.3 is 9.47 Å². The Bertz CT molecular complexity index is 1120. The number of hydrogen-bond donors (Lipinski definition) is 0. The Balaban J connectivity index is 1.34. The highest BCUT2D eigenvalue weighted by Crippen LogP contribution is 2.36. The van der Waals surface area contributed by atoms with Gasteiger partial charge in [-0.15, -0.1) is 11.3 Å². The van der Waals surface area contributed by atoms with Crippen LogP contribution in [0.2, 0.25) is 0 Å². The predicted molar refractivity (Wildman–Crippen MR) is 124 cm³/mol. The van der Waals surface area contributed by atoms with Crippen molar-refractivity contribution in [1.29, 1.82) is 0 Å². The summed E-state index contributed by atoms with van der Waals surface area (Å²) in [6.45, 7) is 1.36. The third-order valence-electron chi connectivity index (χ3n) is 5.89. The third kappa shape index (κ3) is 4.72. The molecule has 1 aromatic heterocycles. The first-order valence-electron chi connectivity index (χ1n) is 10.9. The van der Waals surface area contributed by atoms with Gasteiger partial charge in [0.15, 0.2) is 5.13 Å². The first-order chi connectivity index (χ1) is 16.4. The number of esters is 1. The number of nitrogens with zero attached hydrogens (tertiary/aromatic N) is 3. The third-order valence-corrected chi connectivity index (χ3v) is 6.77. The molecule has 2 aliphatic rings. The minimum absolute atomic E-state index is 0.0116. The van der Waals surface area contributed by atoms with E-state index < -0.39 is 5.97 Å². The summed E-state index contributed by atoms with van der Waals surface area (Å²) in [4.78, 5) is 56.6. The molecule has 9 nitrogen and oxygen atoms in total. The maximum Gasteiger partial charge on any atom is 0.307 e. The highest BCUT2D eigenvalue weighted by Gasteiger charge is 2.46. The van der Waals surface area contributed by atoms with Crippen molar-refractivity contribution in [2.75, 3.05) is 18.6 Å². The van der Waals surface area contributed by atoms with E-state index in [2.05, 4.69) is 4.98 Å². The molecule has 1 aliphatic carbocycles. The van der Waals surface area contributed by atoms with E-state index in [9.17, 15) is 19.2 Å². The highest BCUT2D eigenvalue weighted by molar-refractivity contribution is 7.14. The smallest absolute Gasteiger partial charge is 0.307 e. The van der Waals surface area contributed by atoms with E-state index in [4.69, 9.17) is 9.47 Å². The lowest BCUT2D eigenvalue weighted by molar-refractivity contribution is -0.147. The molecular formula is C24H25N3O6S. The molecule has 0 spiro atoms. The molecule has 2 heterocycles. The number of hydrogen-bond acceptors (Lipinski definition) is 8. The number of aromatic nitrogens is 1. The van der Waals surface area contributed by atoms with E-state index >= 15 is 0 Å². The SMILES string of the molecule is COc1ccccc1N(C(C)=O)c1nc(COC(=O)CCN2C(=O)[C@H]3CC=CC[C@@H]3C2=O)cs1. The van der Waals surface area contributed by atoms with Gasteiger partial charge in [0.2, 0.25) is 17.7 Å². The van der Waals surface area contributed by atoms with Crippen molar-refractivity contribution in [2.45, 2.75) is 32.8 Å². The van der Waals surface area contributed by atoms with Gasteiger partial charge in [0.05, 0.1) is 36.7 Å². The Morgan fingerprint density at radius 2 is 1.82 bits per heavy atom. The predicted octanol–water partition coefficient (Wildman–Crippen LogP) is 3.22. The van der Waals surface area contributed by atoms with Crippen LogP contribution in [-0.2, 0) is 30.5 Å². The van der Waals surface area contributed by atoms with Crippen LogP contribution in [0.5, 0.6) is 5.75 Å². The average molecular weight is 484 g/mol. The van der Waals surface area contributed by atoms with Crippen LogP contribution in [0.25, 0.3) is 0 Å². The number of carbonyl (C=O) groups excluding carboxylic acids is 4. The summed E-state index contributed by atoms with van der Waals surface area (Å²) in [7, 11) is 1.53. The molecule has 2 aromatic rings. The molecule has 0 radical (unpaired) electrons. The molecule has 2 atom stereocenters. The number of methoxy groups -OCH3 is 1. The maximum atomic E-state index is 12.5. The van der Waals surface area contributed by atoms with Crippen LogP contribution in [0.1, 0.15) is 31.9 Å². The lowest BCUT2D eigenvalue weighted by atomic mass is 9.85. The maximum absolute atomic E-state index is 12.5. The molecule has 178 valence electrons. The van der Waals surface area contributed by atoms with Gasteiger partial charge in [-0.2, -0.15) is 0 Å². The number of thiazole rings is 1. The standard InChI is InChI=1S/C24H25N3O6S/c1-15(28)27(19-9-5-6-10-20(19)32-2)24-25-16(14-34-24)13-33-21(29)11-12-26-22(30)17-7-3-4-8-18(17)23(26)31/h3-6,9-10,14,17-18H,7-8,11-13H2,1-2H3/t17-,18-/m0/s1. The van der Waals surface area contributed by atoms with Gasteiger partial charge in [-0.25, -0.2) is 4.98 Å². The summed E-state index contributed by atoms with van der Waals surface area (Å²) in [5, 5.41) is 2.13. The van der Waals surface area contributed by atoms with E-state index in [1.165, 1.54) is 35.2 Å². The van der Waals surface area contributed by atoms with Crippen molar-refractivity contribution in [3.8, 4) is 5.75 Å². The minimum Gasteiger partial charge on any atom is -0.495 e. The molecule has 10 heteroatoms. The van der Waals surface area contributed by atoms with Gasteiger partial charge in [-0.05, 0) is 25.0 Å². The molecule has 0 saturated carbocycles. The summed E-state index contributed by atoms with van der Waals surface area (Å²) in [5.41, 5.74) is 1.05. The van der Waals surface area contributed by atoms with Crippen LogP contribution in [0.4, 0.5) is 10.8 Å². The molecule has 0 bridgehead atoms. The Labute approximate surface area is 201 Å². The van der Waals surface area contributed by atoms with Crippen LogP contribution in [0.15, 0.2) is 41.8 Å². The largest absolute Gasteiger partial charge is 0.495 e. The topological polar surface area (TPSA) is 106 Å². The number of imide groups is 1. The van der Waals surface area contributed by atoms with E-state index in [-0.39, 0.29) is 49.1 Å². The first-order valence-corrected chi connectivity index (χ1v) is 11.8. The van der Waals surface area contributed by atoms with Crippen molar-refractivity contribution < 1.29 is 28.7 Å². The van der Waals surface area contributed by atoms with Gasteiger partial charge in [-0.1, -0.05) is 24.3 Å². The summed E-state index contributed by atoms with van der Waals surface area (Å²) >= 11 is 1.24. The molecule has 1 aliphatic heterocycles. The summed E-state index contributed by atoms with van der Waals surface area (Å²) in [6, 6.07) is 7.12. The zero-order chi connectivity index (χ0) is 24.2. The van der Waals surface area contributed by atoms with Crippen LogP contribution >= 0.6 is 11.3 Å². The van der Waals surface area contributed by atoms with Gasteiger partial charge in [0, 0.05) is 18.8 Å². The van der Waals surface area contributed by atoms with E-state index in [1.807, 2.05) is 18.2 Å². The van der Waals surface area contributed by atoms with Crippen molar-refractivity contribution >= 4 is 45.8 Å². The van der Waals surface area contributed by atoms with Crippen LogP contribution in [-0.4, -0.2) is 47.2 Å². The van der Waals surface area contributed by atoms with E-state index in [0.29, 0.717) is 35.1 Å². The normalized spacial score (nSPS) is 19.2. The van der Waals surface area contributed by atoms with Crippen LogP contribution in [0.3, 0.4) is 0 Å². The fraction of sp³-hybridized carbons (Fsp3) is 0.375. The Kier molecular flexibility index (Phi) is 7.06. The van der Waals surface area contributed by atoms with Gasteiger partial charge in [0.1, 0.15) is 12.4 Å². The number of allylic oxidation sites excluding steroid dienone is 2. The molecule has 0 unspecified atom stereocenters. The summed E-state index contributed by atoms with van der Waals surface area (Å²) in [6.07, 6.45) is 4.89. The number of fused-ring (bicyclic) bond motifs is 1. The average Bonchev–Trinajstić information content (AvgIpc) is 3.39. The van der Waals surface area contributed by atoms with E-state index in [0.717, 1.165) is 0 Å². The van der Waals surface area contributed by atoms with Gasteiger partial charge >= 0.3 is 5.97 Å². The molecule has 1 aromatic carbocycles. The van der Waals surface area contributed by atoms with Crippen molar-refractivity contribution in [1.82, 2.24) is 9.88 Å². The minimum atomic E-state index is -0.531. The lowest BCUT2D eigenvalue weighted by Gasteiger charge is -2.20. The Hall–Kier alpha value is -3.53. The zero-order valence-corrected chi connectivity index (χ0v) is 19.7. The van der Waals surface area contributed by atoms with Crippen LogP contribution in [0, 0.1) is 11.8 Å². The first kappa shape index (κ1) is 23.6. The number of rotatable bonds is 8. The summed E-state index contributed by atoms with van der Waals surface area (Å²) < 4.78 is 10.7. The number of amides is 3. The summed E-state index contributed by atoms with van der Waals surface area (Å²) in [5.74, 6) is -1.28. The molecule has 1 fully saturated rings. The number of likely N-dealkylation sites (tertiary alicyclic amines) is 1. The van der Waals surface area contributed by atoms with Gasteiger partial charge in [0.25, 0.3) is 0 Å². The Morgan fingerprint density at radius 1 is 1.15 bits per heavy atom. The fourth-order valence-corrected chi connectivity index (χ4v) is 5.07. The quantitative estimate of drug-likeness (QED) is 0.322. The molecule has 3 amide bonds. The number of anilines is 2. The van der Waals surface area contributed by atoms with Crippen molar-refractivity contribution in [2.24, 2.45) is 11.8 Å². The number of para-hydroxylation sites is 2. The van der Waals surface area contributed by atoms with Gasteiger partial charge in [-0.3, -0.25) is 29.0 Å². The van der Waals surface area contributed by atoms with E-state index in [1.54, 1.807) is 23.6 Å². The monoisotopic (exact) mass is 483 g/mol. The number of carbonyl (C=O) groups is 4. The number of ether oxygens (including phenoxy) is 2. The Morgan fingerprint density at radius 3 is 2.47 bits per heavy atom. The molecular weight excluding hydrogens is 458 g/mol.